The van der Waals surface area contributed by atoms with Gasteiger partial charge in [-0.3, -0.25) is 4.79 Å². The summed E-state index contributed by atoms with van der Waals surface area (Å²) in [6, 6.07) is 14.9. The number of aryl methyl sites for hydroxylation is 2. The average molecular weight is 442 g/mol. The molecule has 1 aromatic heterocycles. The number of amides is 1. The van der Waals surface area contributed by atoms with Crippen LogP contribution in [0.2, 0.25) is 5.02 Å². The molecule has 1 atom stereocenters. The molecule has 1 aliphatic rings. The molecule has 1 N–H and O–H groups in total. The van der Waals surface area contributed by atoms with E-state index in [1.807, 2.05) is 18.2 Å². The molecule has 1 heterocycles. The fourth-order valence-electron chi connectivity index (χ4n) is 3.57. The van der Waals surface area contributed by atoms with Crippen molar-refractivity contribution in [3.63, 3.8) is 0 Å². The van der Waals surface area contributed by atoms with Gasteiger partial charge in [-0.15, -0.1) is 11.3 Å². The summed E-state index contributed by atoms with van der Waals surface area (Å²) in [6.07, 6.45) is 0.928. The number of methoxy groups -OCH3 is 1. The molecular formula is C23H20ClNO4S. The summed E-state index contributed by atoms with van der Waals surface area (Å²) in [5.74, 6) is -0.326. The van der Waals surface area contributed by atoms with Gasteiger partial charge in [-0.2, -0.15) is 0 Å². The fraction of sp³-hybridized carbons (Fsp3) is 0.217. The number of hydrogen-bond donors (Lipinski definition) is 1. The predicted molar refractivity (Wildman–Crippen MR) is 119 cm³/mol. The molecule has 2 aromatic carbocycles. The third-order valence-corrected chi connectivity index (χ3v) is 6.39. The van der Waals surface area contributed by atoms with Crippen molar-refractivity contribution in [2.45, 2.75) is 25.9 Å². The van der Waals surface area contributed by atoms with Gasteiger partial charge in [0.05, 0.1) is 7.11 Å². The van der Waals surface area contributed by atoms with E-state index in [-0.39, 0.29) is 5.91 Å². The molecule has 0 spiro atoms. The predicted octanol–water partition coefficient (Wildman–Crippen LogP) is 5.36. The lowest BCUT2D eigenvalue weighted by molar-refractivity contribution is -0.122. The molecule has 0 aliphatic heterocycles. The maximum atomic E-state index is 12.8. The molecular weight excluding hydrogens is 422 g/mol. The highest BCUT2D eigenvalue weighted by molar-refractivity contribution is 7.17. The van der Waals surface area contributed by atoms with Crippen LogP contribution in [0.25, 0.3) is 11.1 Å². The highest BCUT2D eigenvalue weighted by Crippen LogP contribution is 2.45. The largest absolute Gasteiger partial charge is 0.481 e. The van der Waals surface area contributed by atoms with Crippen molar-refractivity contribution in [2.24, 2.45) is 0 Å². The zero-order chi connectivity index (χ0) is 21.3. The average Bonchev–Trinajstić information content (AvgIpc) is 3.11. The van der Waals surface area contributed by atoms with Gasteiger partial charge in [0.1, 0.15) is 16.3 Å². The van der Waals surface area contributed by atoms with Crippen molar-refractivity contribution in [3.8, 4) is 16.9 Å². The molecule has 0 saturated heterocycles. The quantitative estimate of drug-likeness (QED) is 0.541. The molecule has 154 valence electrons. The number of nitrogens with one attached hydrogen (secondary N) is 1. The van der Waals surface area contributed by atoms with E-state index in [1.54, 1.807) is 31.2 Å². The number of carbonyl (C=O) groups excluding carboxylic acids is 2. The zero-order valence-corrected chi connectivity index (χ0v) is 18.1. The highest BCUT2D eigenvalue weighted by Gasteiger charge is 2.30. The van der Waals surface area contributed by atoms with Crippen LogP contribution in [0.5, 0.6) is 5.75 Å². The van der Waals surface area contributed by atoms with E-state index in [0.717, 1.165) is 28.8 Å². The monoisotopic (exact) mass is 441 g/mol. The van der Waals surface area contributed by atoms with Gasteiger partial charge in [0.2, 0.25) is 0 Å². The van der Waals surface area contributed by atoms with Crippen LogP contribution >= 0.6 is 22.9 Å². The molecule has 7 heteroatoms. The summed E-state index contributed by atoms with van der Waals surface area (Å²) < 4.78 is 10.7. The Kier molecular flexibility index (Phi) is 5.79. The number of carbonyl (C=O) groups is 2. The molecule has 3 aromatic rings. The van der Waals surface area contributed by atoms with Crippen molar-refractivity contribution in [1.29, 1.82) is 0 Å². The van der Waals surface area contributed by atoms with Gasteiger partial charge in [0.25, 0.3) is 5.91 Å². The van der Waals surface area contributed by atoms with Gasteiger partial charge < -0.3 is 14.8 Å². The second kappa shape index (κ2) is 8.50. The number of anilines is 1. The maximum Gasteiger partial charge on any atom is 0.341 e. The molecule has 4 rings (SSSR count). The molecule has 0 saturated carbocycles. The SMILES string of the molecule is COC(=O)c1c(NC(=O)[C@H](C)Oc2cccc(Cl)c2)sc2c1-c1ccccc1CC2. The Morgan fingerprint density at radius 2 is 1.93 bits per heavy atom. The van der Waals surface area contributed by atoms with Gasteiger partial charge >= 0.3 is 5.97 Å². The van der Waals surface area contributed by atoms with Gasteiger partial charge in [-0.25, -0.2) is 4.79 Å². The van der Waals surface area contributed by atoms with Crippen molar-refractivity contribution >= 4 is 39.8 Å². The Bertz CT molecular complexity index is 1120. The summed E-state index contributed by atoms with van der Waals surface area (Å²) in [7, 11) is 1.34. The molecule has 30 heavy (non-hydrogen) atoms. The smallest absolute Gasteiger partial charge is 0.341 e. The van der Waals surface area contributed by atoms with Crippen molar-refractivity contribution in [3.05, 3.63) is 69.6 Å². The number of benzene rings is 2. The minimum absolute atomic E-state index is 0.355. The third kappa shape index (κ3) is 3.93. The maximum absolute atomic E-state index is 12.8. The van der Waals surface area contributed by atoms with Crippen LogP contribution in [0.3, 0.4) is 0 Å². The minimum Gasteiger partial charge on any atom is -0.481 e. The Labute approximate surface area is 183 Å². The van der Waals surface area contributed by atoms with Crippen LogP contribution in [0.4, 0.5) is 5.00 Å². The van der Waals surface area contributed by atoms with Crippen LogP contribution in [0.1, 0.15) is 27.7 Å². The molecule has 0 radical (unpaired) electrons. The highest BCUT2D eigenvalue weighted by atomic mass is 35.5. The molecule has 0 fully saturated rings. The Hall–Kier alpha value is -2.83. The Morgan fingerprint density at radius 3 is 2.70 bits per heavy atom. The second-order valence-electron chi connectivity index (χ2n) is 6.96. The topological polar surface area (TPSA) is 64.6 Å². The first-order valence-electron chi connectivity index (χ1n) is 9.53. The van der Waals surface area contributed by atoms with E-state index in [4.69, 9.17) is 21.1 Å². The second-order valence-corrected chi connectivity index (χ2v) is 8.50. The zero-order valence-electron chi connectivity index (χ0n) is 16.5. The summed E-state index contributed by atoms with van der Waals surface area (Å²) in [4.78, 5) is 26.5. The number of thiophene rings is 1. The van der Waals surface area contributed by atoms with Gasteiger partial charge in [0, 0.05) is 15.5 Å². The molecule has 1 aliphatic carbocycles. The lowest BCUT2D eigenvalue weighted by Crippen LogP contribution is -2.30. The first-order valence-corrected chi connectivity index (χ1v) is 10.7. The first kappa shape index (κ1) is 20.4. The van der Waals surface area contributed by atoms with Gasteiger partial charge in [-0.05, 0) is 49.1 Å². The molecule has 1 amide bonds. The number of ether oxygens (including phenoxy) is 2. The van der Waals surface area contributed by atoms with Crippen LogP contribution in [-0.4, -0.2) is 25.1 Å². The number of halogens is 1. The fourth-order valence-corrected chi connectivity index (χ4v) is 4.95. The third-order valence-electron chi connectivity index (χ3n) is 4.99. The van der Waals surface area contributed by atoms with E-state index in [0.29, 0.717) is 21.3 Å². The minimum atomic E-state index is -0.777. The van der Waals surface area contributed by atoms with Crippen molar-refractivity contribution in [2.75, 3.05) is 12.4 Å². The summed E-state index contributed by atoms with van der Waals surface area (Å²) in [5.41, 5.74) is 3.45. The van der Waals surface area contributed by atoms with Gasteiger partial charge in [0.15, 0.2) is 6.10 Å². The van der Waals surface area contributed by atoms with E-state index in [2.05, 4.69) is 11.4 Å². The standard InChI is InChI=1S/C23H20ClNO4S/c1-13(29-16-8-5-7-15(24)12-16)21(26)25-22-20(23(27)28-2)19-17-9-4-3-6-14(17)10-11-18(19)30-22/h3-9,12-13H,10-11H2,1-2H3,(H,25,26)/t13-/m0/s1. The van der Waals surface area contributed by atoms with Crippen molar-refractivity contribution in [1.82, 2.24) is 0 Å². The van der Waals surface area contributed by atoms with E-state index in [9.17, 15) is 9.59 Å². The Balaban J connectivity index is 1.64. The van der Waals surface area contributed by atoms with Crippen LogP contribution in [0, 0.1) is 0 Å². The summed E-state index contributed by atoms with van der Waals surface area (Å²) in [5, 5.41) is 3.88. The lowest BCUT2D eigenvalue weighted by atomic mass is 9.88. The number of rotatable bonds is 5. The summed E-state index contributed by atoms with van der Waals surface area (Å²) in [6.45, 7) is 1.65. The van der Waals surface area contributed by atoms with E-state index >= 15 is 0 Å². The molecule has 0 unspecified atom stereocenters. The summed E-state index contributed by atoms with van der Waals surface area (Å²) >= 11 is 7.39. The van der Waals surface area contributed by atoms with Crippen molar-refractivity contribution < 1.29 is 19.1 Å². The first-order chi connectivity index (χ1) is 14.5. The Morgan fingerprint density at radius 1 is 1.13 bits per heavy atom. The lowest BCUT2D eigenvalue weighted by Gasteiger charge is -2.17. The van der Waals surface area contributed by atoms with Crippen LogP contribution in [0.15, 0.2) is 48.5 Å². The van der Waals surface area contributed by atoms with Gasteiger partial charge in [-0.1, -0.05) is 41.9 Å². The van der Waals surface area contributed by atoms with Crippen LogP contribution < -0.4 is 10.1 Å². The number of hydrogen-bond acceptors (Lipinski definition) is 5. The van der Waals surface area contributed by atoms with E-state index in [1.165, 1.54) is 24.0 Å². The van der Waals surface area contributed by atoms with Crippen LogP contribution in [-0.2, 0) is 22.4 Å². The number of fused-ring (bicyclic) bond motifs is 3. The normalized spacial score (nSPS) is 13.0. The number of esters is 1. The molecule has 0 bridgehead atoms. The molecule has 5 nitrogen and oxygen atoms in total. The van der Waals surface area contributed by atoms with E-state index < -0.39 is 12.1 Å².